The monoisotopic (exact) mass is 367 g/mol. The second kappa shape index (κ2) is 7.17. The van der Waals surface area contributed by atoms with Crippen molar-refractivity contribution >= 4 is 23.2 Å². The van der Waals surface area contributed by atoms with E-state index in [2.05, 4.69) is 5.32 Å². The Kier molecular flexibility index (Phi) is 5.15. The van der Waals surface area contributed by atoms with Crippen LogP contribution < -0.4 is 10.1 Å². The molecule has 1 N–H and O–H groups in total. The van der Waals surface area contributed by atoms with Crippen LogP contribution in [0.25, 0.3) is 0 Å². The minimum absolute atomic E-state index is 0.0590. The van der Waals surface area contributed by atoms with E-state index in [-0.39, 0.29) is 22.4 Å². The Morgan fingerprint density at radius 2 is 2.12 bits per heavy atom. The van der Waals surface area contributed by atoms with Crippen molar-refractivity contribution in [1.29, 1.82) is 0 Å². The summed E-state index contributed by atoms with van der Waals surface area (Å²) in [7, 11) is 0. The van der Waals surface area contributed by atoms with E-state index in [4.69, 9.17) is 16.3 Å². The Bertz CT molecular complexity index is 666. The molecule has 0 bridgehead atoms. The minimum Gasteiger partial charge on any atom is -0.474 e. The number of nitrogens with one attached hydrogen (secondary N) is 1. The van der Waals surface area contributed by atoms with Crippen LogP contribution in [0.15, 0.2) is 18.2 Å². The molecule has 7 nitrogen and oxygen atoms in total. The van der Waals surface area contributed by atoms with Gasteiger partial charge in [-0.1, -0.05) is 11.6 Å². The molecule has 0 aromatic heterocycles. The molecule has 25 heavy (non-hydrogen) atoms. The minimum atomic E-state index is -0.782. The molecule has 1 amide bonds. The van der Waals surface area contributed by atoms with Crippen LogP contribution in [0.2, 0.25) is 5.02 Å². The van der Waals surface area contributed by atoms with E-state index in [9.17, 15) is 14.9 Å². The molecule has 2 saturated heterocycles. The highest BCUT2D eigenvalue weighted by Crippen LogP contribution is 2.37. The lowest BCUT2D eigenvalue weighted by molar-refractivity contribution is -0.386. The van der Waals surface area contributed by atoms with Gasteiger partial charge in [0.25, 0.3) is 5.91 Å². The van der Waals surface area contributed by atoms with Crippen LogP contribution in [0.4, 0.5) is 5.69 Å². The topological polar surface area (TPSA) is 84.7 Å². The lowest BCUT2D eigenvalue weighted by Gasteiger charge is -2.39. The Hall–Kier alpha value is -1.86. The predicted molar refractivity (Wildman–Crippen MR) is 93.9 cm³/mol. The van der Waals surface area contributed by atoms with Gasteiger partial charge in [0, 0.05) is 30.7 Å². The molecule has 2 fully saturated rings. The van der Waals surface area contributed by atoms with E-state index in [1.165, 1.54) is 18.2 Å². The summed E-state index contributed by atoms with van der Waals surface area (Å²) in [6.07, 6.45) is 2.35. The molecule has 2 aliphatic heterocycles. The van der Waals surface area contributed by atoms with Crippen molar-refractivity contribution in [2.45, 2.75) is 32.3 Å². The molecule has 1 aromatic rings. The Labute approximate surface area is 151 Å². The standard InChI is InChI=1S/C17H22ClN3O4/c1-12(25-15-3-2-13(18)10-14(15)21(23)24)16(22)20-8-5-17(6-9-20)4-7-19-11-17/h2-3,10,12,19H,4-9,11H2,1H3. The first-order valence-corrected chi connectivity index (χ1v) is 8.88. The van der Waals surface area contributed by atoms with Crippen molar-refractivity contribution in [2.24, 2.45) is 5.41 Å². The van der Waals surface area contributed by atoms with Gasteiger partial charge in [0.15, 0.2) is 11.9 Å². The van der Waals surface area contributed by atoms with Crippen molar-refractivity contribution in [3.63, 3.8) is 0 Å². The molecule has 1 atom stereocenters. The number of nitro groups is 1. The van der Waals surface area contributed by atoms with Gasteiger partial charge in [0.1, 0.15) is 0 Å². The summed E-state index contributed by atoms with van der Waals surface area (Å²) in [5, 5.41) is 14.8. The lowest BCUT2D eigenvalue weighted by atomic mass is 9.78. The first-order chi connectivity index (χ1) is 11.9. The molecule has 8 heteroatoms. The molecule has 2 heterocycles. The highest BCUT2D eigenvalue weighted by Gasteiger charge is 2.39. The van der Waals surface area contributed by atoms with Gasteiger partial charge in [-0.2, -0.15) is 0 Å². The number of halogens is 1. The number of hydrogen-bond acceptors (Lipinski definition) is 5. The van der Waals surface area contributed by atoms with E-state index < -0.39 is 11.0 Å². The third kappa shape index (κ3) is 3.88. The Balaban J connectivity index is 1.63. The summed E-state index contributed by atoms with van der Waals surface area (Å²) in [6.45, 7) is 5.11. The Morgan fingerprint density at radius 1 is 1.40 bits per heavy atom. The van der Waals surface area contributed by atoms with Gasteiger partial charge in [-0.05, 0) is 50.3 Å². The fourth-order valence-corrected chi connectivity index (χ4v) is 3.82. The number of piperidine rings is 1. The SMILES string of the molecule is CC(Oc1ccc(Cl)cc1[N+](=O)[O-])C(=O)N1CCC2(CCNC2)CC1. The predicted octanol–water partition coefficient (Wildman–Crippen LogP) is 2.62. The Morgan fingerprint density at radius 3 is 2.72 bits per heavy atom. The highest BCUT2D eigenvalue weighted by atomic mass is 35.5. The largest absolute Gasteiger partial charge is 0.474 e. The average Bonchev–Trinajstić information content (AvgIpc) is 3.04. The van der Waals surface area contributed by atoms with Crippen LogP contribution in [0.3, 0.4) is 0 Å². The lowest BCUT2D eigenvalue weighted by Crippen LogP contribution is -2.48. The van der Waals surface area contributed by atoms with Gasteiger partial charge in [0.05, 0.1) is 4.92 Å². The third-order valence-electron chi connectivity index (χ3n) is 5.24. The van der Waals surface area contributed by atoms with E-state index in [0.29, 0.717) is 18.5 Å². The van der Waals surface area contributed by atoms with Gasteiger partial charge >= 0.3 is 5.69 Å². The van der Waals surface area contributed by atoms with Crippen LogP contribution in [0, 0.1) is 15.5 Å². The summed E-state index contributed by atoms with van der Waals surface area (Å²) >= 11 is 5.80. The molecule has 3 rings (SSSR count). The van der Waals surface area contributed by atoms with Crippen molar-refractivity contribution in [1.82, 2.24) is 10.2 Å². The summed E-state index contributed by atoms with van der Waals surface area (Å²) in [6, 6.07) is 4.17. The number of benzene rings is 1. The van der Waals surface area contributed by atoms with Crippen LogP contribution in [0.1, 0.15) is 26.2 Å². The molecule has 0 saturated carbocycles. The zero-order valence-electron chi connectivity index (χ0n) is 14.2. The van der Waals surface area contributed by atoms with Crippen molar-refractivity contribution in [2.75, 3.05) is 26.2 Å². The van der Waals surface area contributed by atoms with Crippen molar-refractivity contribution < 1.29 is 14.5 Å². The quantitative estimate of drug-likeness (QED) is 0.653. The maximum absolute atomic E-state index is 12.6. The number of nitrogens with zero attached hydrogens (tertiary/aromatic N) is 2. The molecule has 0 radical (unpaired) electrons. The number of ether oxygens (including phenoxy) is 1. The summed E-state index contributed by atoms with van der Waals surface area (Å²) in [5.74, 6) is -0.0752. The van der Waals surface area contributed by atoms with Crippen LogP contribution in [0.5, 0.6) is 5.75 Å². The second-order valence-corrected chi connectivity index (χ2v) is 7.32. The maximum atomic E-state index is 12.6. The molecule has 0 aliphatic carbocycles. The van der Waals surface area contributed by atoms with Gasteiger partial charge in [-0.3, -0.25) is 14.9 Å². The number of amides is 1. The molecular weight excluding hydrogens is 346 g/mol. The summed E-state index contributed by atoms with van der Waals surface area (Å²) in [5.41, 5.74) is 0.0947. The van der Waals surface area contributed by atoms with E-state index in [1.54, 1.807) is 11.8 Å². The van der Waals surface area contributed by atoms with E-state index in [1.807, 2.05) is 0 Å². The smallest absolute Gasteiger partial charge is 0.312 e. The molecule has 1 aromatic carbocycles. The van der Waals surface area contributed by atoms with E-state index >= 15 is 0 Å². The number of hydrogen-bond donors (Lipinski definition) is 1. The third-order valence-corrected chi connectivity index (χ3v) is 5.47. The number of carbonyl (C=O) groups excluding carboxylic acids is 1. The first-order valence-electron chi connectivity index (χ1n) is 8.50. The zero-order chi connectivity index (χ0) is 18.0. The molecule has 136 valence electrons. The number of rotatable bonds is 4. The average molecular weight is 368 g/mol. The van der Waals surface area contributed by atoms with Crippen LogP contribution in [-0.2, 0) is 4.79 Å². The number of carbonyl (C=O) groups is 1. The van der Waals surface area contributed by atoms with Crippen LogP contribution in [-0.4, -0.2) is 48.0 Å². The van der Waals surface area contributed by atoms with Gasteiger partial charge in [-0.25, -0.2) is 0 Å². The number of nitro benzene ring substituents is 1. The normalized spacial score (nSPS) is 20.5. The van der Waals surface area contributed by atoms with Crippen molar-refractivity contribution in [3.8, 4) is 5.75 Å². The van der Waals surface area contributed by atoms with E-state index in [0.717, 1.165) is 32.4 Å². The van der Waals surface area contributed by atoms with Gasteiger partial charge in [0.2, 0.25) is 0 Å². The summed E-state index contributed by atoms with van der Waals surface area (Å²) < 4.78 is 5.59. The maximum Gasteiger partial charge on any atom is 0.312 e. The molecule has 1 unspecified atom stereocenters. The highest BCUT2D eigenvalue weighted by molar-refractivity contribution is 6.30. The molecule has 1 spiro atoms. The van der Waals surface area contributed by atoms with Gasteiger partial charge < -0.3 is 15.0 Å². The number of likely N-dealkylation sites (tertiary alicyclic amines) is 1. The van der Waals surface area contributed by atoms with Gasteiger partial charge in [-0.15, -0.1) is 0 Å². The molecule has 2 aliphatic rings. The van der Waals surface area contributed by atoms with Crippen LogP contribution >= 0.6 is 11.6 Å². The zero-order valence-corrected chi connectivity index (χ0v) is 14.9. The van der Waals surface area contributed by atoms with Crippen molar-refractivity contribution in [3.05, 3.63) is 33.3 Å². The second-order valence-electron chi connectivity index (χ2n) is 6.88. The summed E-state index contributed by atoms with van der Waals surface area (Å²) in [4.78, 5) is 25.0. The fraction of sp³-hybridized carbons (Fsp3) is 0.588. The molecular formula is C17H22ClN3O4. The fourth-order valence-electron chi connectivity index (χ4n) is 3.65. The first kappa shape index (κ1) is 17.9.